The van der Waals surface area contributed by atoms with Gasteiger partial charge in [-0.25, -0.2) is 8.42 Å². The smallest absolute Gasteiger partial charge is 0.243 e. The van der Waals surface area contributed by atoms with Gasteiger partial charge in [0.2, 0.25) is 15.9 Å². The third-order valence-electron chi connectivity index (χ3n) is 4.47. The molecule has 0 fully saturated rings. The van der Waals surface area contributed by atoms with E-state index in [4.69, 9.17) is 9.47 Å². The molecule has 0 unspecified atom stereocenters. The lowest BCUT2D eigenvalue weighted by Gasteiger charge is -2.19. The van der Waals surface area contributed by atoms with E-state index in [-0.39, 0.29) is 17.3 Å². The number of hydrogen-bond acceptors (Lipinski definition) is 5. The fraction of sp³-hybridized carbons (Fsp3) is 0.174. The monoisotopic (exact) mass is 440 g/mol. The van der Waals surface area contributed by atoms with Crippen LogP contribution in [0, 0.1) is 0 Å². The molecule has 1 amide bonds. The summed E-state index contributed by atoms with van der Waals surface area (Å²) >= 11 is 0. The van der Waals surface area contributed by atoms with Gasteiger partial charge in [0.15, 0.2) is 0 Å². The summed E-state index contributed by atoms with van der Waals surface area (Å²) < 4.78 is 38.4. The Morgan fingerprint density at radius 3 is 2.35 bits per heavy atom. The van der Waals surface area contributed by atoms with Crippen LogP contribution in [0.5, 0.6) is 17.2 Å². The van der Waals surface area contributed by atoms with Gasteiger partial charge in [-0.3, -0.25) is 4.79 Å². The molecule has 31 heavy (non-hydrogen) atoms. The Morgan fingerprint density at radius 1 is 0.968 bits per heavy atom. The van der Waals surface area contributed by atoms with E-state index in [0.29, 0.717) is 22.9 Å². The van der Waals surface area contributed by atoms with Gasteiger partial charge in [-0.2, -0.15) is 4.31 Å². The van der Waals surface area contributed by atoms with Gasteiger partial charge in [0.05, 0.1) is 17.7 Å². The van der Waals surface area contributed by atoms with E-state index < -0.39 is 10.0 Å². The van der Waals surface area contributed by atoms with Gasteiger partial charge < -0.3 is 14.8 Å². The maximum atomic E-state index is 13.1. The quantitative estimate of drug-likeness (QED) is 0.566. The first-order valence-electron chi connectivity index (χ1n) is 9.53. The molecule has 0 aliphatic carbocycles. The minimum atomic E-state index is -3.81. The fourth-order valence-electron chi connectivity index (χ4n) is 2.99. The maximum Gasteiger partial charge on any atom is 0.243 e. The lowest BCUT2D eigenvalue weighted by molar-refractivity contribution is -0.114. The molecule has 0 atom stereocenters. The van der Waals surface area contributed by atoms with Crippen LogP contribution in [0.1, 0.15) is 12.5 Å². The second-order valence-corrected chi connectivity index (χ2v) is 8.91. The molecule has 3 aromatic carbocycles. The Bertz CT molecular complexity index is 1160. The number of nitrogens with zero attached hydrogens (tertiary/aromatic N) is 1. The van der Waals surface area contributed by atoms with E-state index in [1.807, 2.05) is 48.5 Å². The third kappa shape index (κ3) is 5.62. The lowest BCUT2D eigenvalue weighted by atomic mass is 10.2. The average Bonchev–Trinajstić information content (AvgIpc) is 2.74. The number of anilines is 1. The summed E-state index contributed by atoms with van der Waals surface area (Å²) in [6, 6.07) is 21.0. The highest BCUT2D eigenvalue weighted by Crippen LogP contribution is 2.29. The lowest BCUT2D eigenvalue weighted by Crippen LogP contribution is -2.26. The molecule has 0 aliphatic rings. The van der Waals surface area contributed by atoms with Crippen molar-refractivity contribution in [1.82, 2.24) is 4.31 Å². The molecule has 0 saturated heterocycles. The van der Waals surface area contributed by atoms with Crippen molar-refractivity contribution in [2.24, 2.45) is 0 Å². The van der Waals surface area contributed by atoms with E-state index >= 15 is 0 Å². The first-order chi connectivity index (χ1) is 14.8. The number of amides is 1. The van der Waals surface area contributed by atoms with Gasteiger partial charge in [0, 0.05) is 20.5 Å². The molecule has 7 nitrogen and oxygen atoms in total. The molecule has 3 aromatic rings. The number of nitrogens with one attached hydrogen (secondary N) is 1. The fourth-order valence-corrected chi connectivity index (χ4v) is 4.17. The second-order valence-electron chi connectivity index (χ2n) is 6.87. The van der Waals surface area contributed by atoms with E-state index in [1.165, 1.54) is 43.6 Å². The van der Waals surface area contributed by atoms with Gasteiger partial charge in [0.25, 0.3) is 0 Å². The number of para-hydroxylation sites is 1. The topological polar surface area (TPSA) is 84.9 Å². The van der Waals surface area contributed by atoms with Crippen molar-refractivity contribution in [2.45, 2.75) is 18.4 Å². The molecule has 8 heteroatoms. The zero-order valence-electron chi connectivity index (χ0n) is 17.5. The Balaban J connectivity index is 1.80. The van der Waals surface area contributed by atoms with Crippen LogP contribution in [0.15, 0.2) is 77.7 Å². The molecule has 0 bridgehead atoms. The van der Waals surface area contributed by atoms with Crippen LogP contribution in [0.2, 0.25) is 0 Å². The number of carbonyl (C=O) groups excluding carboxylic acids is 1. The van der Waals surface area contributed by atoms with Crippen molar-refractivity contribution in [2.75, 3.05) is 19.5 Å². The van der Waals surface area contributed by atoms with Crippen molar-refractivity contribution in [1.29, 1.82) is 0 Å². The van der Waals surface area contributed by atoms with E-state index in [0.717, 1.165) is 5.56 Å². The van der Waals surface area contributed by atoms with Crippen molar-refractivity contribution in [3.8, 4) is 17.2 Å². The summed E-state index contributed by atoms with van der Waals surface area (Å²) in [5, 5.41) is 2.59. The minimum absolute atomic E-state index is 0.0521. The van der Waals surface area contributed by atoms with Crippen LogP contribution in [0.4, 0.5) is 5.69 Å². The number of sulfonamides is 1. The standard InChI is InChI=1S/C23H24N2O5S/c1-17(26)24-22-15-21(12-13-23(22)29-3)31(27,28)25(2)16-18-8-7-11-20(14-18)30-19-9-5-4-6-10-19/h4-15H,16H2,1-3H3,(H,24,26). The Kier molecular flexibility index (Phi) is 6.94. The third-order valence-corrected chi connectivity index (χ3v) is 6.27. The summed E-state index contributed by atoms with van der Waals surface area (Å²) in [5.74, 6) is 1.37. The Hall–Kier alpha value is -3.36. The highest BCUT2D eigenvalue weighted by atomic mass is 32.2. The zero-order valence-corrected chi connectivity index (χ0v) is 18.3. The first-order valence-corrected chi connectivity index (χ1v) is 11.0. The SMILES string of the molecule is COc1ccc(S(=O)(=O)N(C)Cc2cccc(Oc3ccccc3)c2)cc1NC(C)=O. The average molecular weight is 441 g/mol. The maximum absolute atomic E-state index is 13.1. The van der Waals surface area contributed by atoms with E-state index in [9.17, 15) is 13.2 Å². The first kappa shape index (κ1) is 22.3. The normalized spacial score (nSPS) is 11.2. The van der Waals surface area contributed by atoms with Crippen LogP contribution < -0.4 is 14.8 Å². The van der Waals surface area contributed by atoms with Crippen molar-refractivity contribution >= 4 is 21.6 Å². The predicted molar refractivity (Wildman–Crippen MR) is 119 cm³/mol. The van der Waals surface area contributed by atoms with Gasteiger partial charge >= 0.3 is 0 Å². The summed E-state index contributed by atoms with van der Waals surface area (Å²) in [4.78, 5) is 11.5. The molecule has 0 aromatic heterocycles. The predicted octanol–water partition coefficient (Wildman–Crippen LogP) is 4.27. The van der Waals surface area contributed by atoms with Crippen LogP contribution >= 0.6 is 0 Å². The molecule has 0 radical (unpaired) electrons. The van der Waals surface area contributed by atoms with E-state index in [1.54, 1.807) is 6.07 Å². The zero-order chi connectivity index (χ0) is 22.4. The number of carbonyl (C=O) groups is 1. The number of benzene rings is 3. The molecule has 0 spiro atoms. The second kappa shape index (κ2) is 9.63. The molecule has 3 rings (SSSR count). The minimum Gasteiger partial charge on any atom is -0.495 e. The van der Waals surface area contributed by atoms with Crippen molar-refractivity contribution in [3.63, 3.8) is 0 Å². The number of rotatable bonds is 8. The van der Waals surface area contributed by atoms with Crippen molar-refractivity contribution < 1.29 is 22.7 Å². The molecular formula is C23H24N2O5S. The molecule has 1 N–H and O–H groups in total. The number of ether oxygens (including phenoxy) is 2. The van der Waals surface area contributed by atoms with Crippen LogP contribution in [-0.4, -0.2) is 32.8 Å². The van der Waals surface area contributed by atoms with Crippen LogP contribution in [0.25, 0.3) is 0 Å². The van der Waals surface area contributed by atoms with Crippen molar-refractivity contribution in [3.05, 3.63) is 78.4 Å². The van der Waals surface area contributed by atoms with Gasteiger partial charge in [-0.05, 0) is 48.0 Å². The Morgan fingerprint density at radius 2 is 1.68 bits per heavy atom. The van der Waals surface area contributed by atoms with Gasteiger partial charge in [0.1, 0.15) is 17.2 Å². The van der Waals surface area contributed by atoms with E-state index in [2.05, 4.69) is 5.32 Å². The molecular weight excluding hydrogens is 416 g/mol. The molecule has 162 valence electrons. The largest absolute Gasteiger partial charge is 0.495 e. The number of hydrogen-bond donors (Lipinski definition) is 1. The highest BCUT2D eigenvalue weighted by Gasteiger charge is 2.23. The summed E-state index contributed by atoms with van der Waals surface area (Å²) in [5.41, 5.74) is 1.07. The summed E-state index contributed by atoms with van der Waals surface area (Å²) in [6.07, 6.45) is 0. The summed E-state index contributed by atoms with van der Waals surface area (Å²) in [6.45, 7) is 1.49. The Labute approximate surface area is 182 Å². The molecule has 0 heterocycles. The van der Waals surface area contributed by atoms with Crippen LogP contribution in [-0.2, 0) is 21.4 Å². The number of methoxy groups -OCH3 is 1. The summed E-state index contributed by atoms with van der Waals surface area (Å²) in [7, 11) is -0.854. The molecule has 0 saturated carbocycles. The van der Waals surface area contributed by atoms with Gasteiger partial charge in [-0.1, -0.05) is 30.3 Å². The van der Waals surface area contributed by atoms with Gasteiger partial charge in [-0.15, -0.1) is 0 Å². The highest BCUT2D eigenvalue weighted by molar-refractivity contribution is 7.89. The van der Waals surface area contributed by atoms with Crippen LogP contribution in [0.3, 0.4) is 0 Å². The molecule has 0 aliphatic heterocycles.